The second kappa shape index (κ2) is 6.62. The van der Waals surface area contributed by atoms with Gasteiger partial charge in [-0.25, -0.2) is 0 Å². The van der Waals surface area contributed by atoms with Crippen molar-refractivity contribution < 1.29 is 0 Å². The van der Waals surface area contributed by atoms with Crippen LogP contribution >= 0.6 is 0 Å². The Morgan fingerprint density at radius 1 is 1.07 bits per heavy atom. The van der Waals surface area contributed by atoms with Gasteiger partial charge in [0.1, 0.15) is 0 Å². The van der Waals surface area contributed by atoms with Crippen LogP contribution in [0.3, 0.4) is 0 Å². The van der Waals surface area contributed by atoms with E-state index in [0.29, 0.717) is 0 Å². The molecule has 1 aliphatic rings. The lowest BCUT2D eigenvalue weighted by molar-refractivity contribution is 0.313. The van der Waals surface area contributed by atoms with Gasteiger partial charge in [-0.1, -0.05) is 51.0 Å². The summed E-state index contributed by atoms with van der Waals surface area (Å²) < 4.78 is 0. The standard InChI is InChI=1S/C10H13N.C4H10/c1-11-7-6-9-4-2-3-5-10(9)8-11;1-3-4-2/h2-5H,6-8H2,1H3;3-4H2,1-2H3. The van der Waals surface area contributed by atoms with Crippen LogP contribution in [0.5, 0.6) is 0 Å². The van der Waals surface area contributed by atoms with Gasteiger partial charge in [-0.3, -0.25) is 0 Å². The Kier molecular flexibility index (Phi) is 5.41. The van der Waals surface area contributed by atoms with Gasteiger partial charge in [0.05, 0.1) is 0 Å². The van der Waals surface area contributed by atoms with Crippen LogP contribution in [-0.4, -0.2) is 18.5 Å². The van der Waals surface area contributed by atoms with E-state index in [2.05, 4.69) is 50.1 Å². The molecule has 0 fully saturated rings. The van der Waals surface area contributed by atoms with Crippen LogP contribution < -0.4 is 0 Å². The molecule has 1 heterocycles. The number of benzene rings is 1. The molecule has 0 amide bonds. The number of rotatable bonds is 1. The Balaban J connectivity index is 0.000000245. The average molecular weight is 205 g/mol. The van der Waals surface area contributed by atoms with Crippen LogP contribution in [0.4, 0.5) is 0 Å². The number of hydrogen-bond donors (Lipinski definition) is 0. The minimum absolute atomic E-state index is 1.12. The van der Waals surface area contributed by atoms with E-state index in [1.807, 2.05) is 0 Å². The largest absolute Gasteiger partial charge is 0.302 e. The van der Waals surface area contributed by atoms with Crippen molar-refractivity contribution in [2.45, 2.75) is 39.7 Å². The molecule has 0 saturated heterocycles. The normalized spacial score (nSPS) is 15.1. The Labute approximate surface area is 94.1 Å². The van der Waals surface area contributed by atoms with Crippen molar-refractivity contribution >= 4 is 0 Å². The summed E-state index contributed by atoms with van der Waals surface area (Å²) in [7, 11) is 2.18. The van der Waals surface area contributed by atoms with Crippen LogP contribution in [0.2, 0.25) is 0 Å². The molecule has 84 valence electrons. The lowest BCUT2D eigenvalue weighted by Crippen LogP contribution is -2.26. The molecule has 1 heteroatoms. The van der Waals surface area contributed by atoms with Gasteiger partial charge in [0.2, 0.25) is 0 Å². The van der Waals surface area contributed by atoms with Crippen LogP contribution in [0.1, 0.15) is 37.8 Å². The van der Waals surface area contributed by atoms with E-state index >= 15 is 0 Å². The second-order valence-electron chi connectivity index (χ2n) is 4.26. The Hall–Kier alpha value is -0.820. The first-order chi connectivity index (χ1) is 7.27. The topological polar surface area (TPSA) is 3.24 Å². The van der Waals surface area contributed by atoms with Gasteiger partial charge in [-0.15, -0.1) is 0 Å². The van der Waals surface area contributed by atoms with Crippen molar-refractivity contribution in [3.8, 4) is 0 Å². The third kappa shape index (κ3) is 4.05. The molecule has 0 unspecified atom stereocenters. The molecule has 1 aromatic carbocycles. The fourth-order valence-electron chi connectivity index (χ4n) is 1.64. The highest BCUT2D eigenvalue weighted by atomic mass is 15.1. The van der Waals surface area contributed by atoms with Crippen LogP contribution in [0, 0.1) is 0 Å². The summed E-state index contributed by atoms with van der Waals surface area (Å²) in [4.78, 5) is 2.36. The maximum atomic E-state index is 2.36. The summed E-state index contributed by atoms with van der Waals surface area (Å²) >= 11 is 0. The highest BCUT2D eigenvalue weighted by Gasteiger charge is 2.10. The van der Waals surface area contributed by atoms with Gasteiger partial charge in [-0.2, -0.15) is 0 Å². The first-order valence-corrected chi connectivity index (χ1v) is 6.03. The van der Waals surface area contributed by atoms with Gasteiger partial charge in [-0.05, 0) is 24.6 Å². The van der Waals surface area contributed by atoms with Crippen LogP contribution in [0.25, 0.3) is 0 Å². The maximum Gasteiger partial charge on any atom is 0.0233 e. The molecular weight excluding hydrogens is 182 g/mol. The molecule has 0 spiro atoms. The fourth-order valence-corrected chi connectivity index (χ4v) is 1.64. The van der Waals surface area contributed by atoms with Gasteiger partial charge < -0.3 is 4.90 Å². The molecule has 0 saturated carbocycles. The van der Waals surface area contributed by atoms with Crippen molar-refractivity contribution in [2.24, 2.45) is 0 Å². The molecular formula is C14H23N. The molecule has 0 aromatic heterocycles. The molecule has 15 heavy (non-hydrogen) atoms. The zero-order valence-corrected chi connectivity index (χ0v) is 10.3. The van der Waals surface area contributed by atoms with Crippen molar-refractivity contribution in [2.75, 3.05) is 13.6 Å². The zero-order valence-electron chi connectivity index (χ0n) is 10.3. The second-order valence-corrected chi connectivity index (χ2v) is 4.26. The smallest absolute Gasteiger partial charge is 0.0233 e. The predicted octanol–water partition coefficient (Wildman–Crippen LogP) is 3.48. The van der Waals surface area contributed by atoms with E-state index in [-0.39, 0.29) is 0 Å². The molecule has 1 aromatic rings. The Morgan fingerprint density at radius 2 is 1.67 bits per heavy atom. The number of unbranched alkanes of at least 4 members (excludes halogenated alkanes) is 1. The summed E-state index contributed by atoms with van der Waals surface area (Å²) in [5.74, 6) is 0. The monoisotopic (exact) mass is 205 g/mol. The van der Waals surface area contributed by atoms with E-state index in [4.69, 9.17) is 0 Å². The summed E-state index contributed by atoms with van der Waals surface area (Å²) in [6.07, 6.45) is 3.85. The molecule has 2 rings (SSSR count). The third-order valence-electron chi connectivity index (χ3n) is 2.82. The van der Waals surface area contributed by atoms with Crippen molar-refractivity contribution in [1.82, 2.24) is 4.90 Å². The molecule has 0 N–H and O–H groups in total. The molecule has 0 bridgehead atoms. The lowest BCUT2D eigenvalue weighted by atomic mass is 10.0. The van der Waals surface area contributed by atoms with E-state index in [0.717, 1.165) is 6.54 Å². The minimum Gasteiger partial charge on any atom is -0.302 e. The van der Waals surface area contributed by atoms with E-state index in [1.165, 1.54) is 36.9 Å². The van der Waals surface area contributed by atoms with Gasteiger partial charge in [0, 0.05) is 13.1 Å². The maximum absolute atomic E-state index is 2.36. The summed E-state index contributed by atoms with van der Waals surface area (Å²) in [5.41, 5.74) is 3.03. The third-order valence-corrected chi connectivity index (χ3v) is 2.82. The van der Waals surface area contributed by atoms with Gasteiger partial charge in [0.15, 0.2) is 0 Å². The predicted molar refractivity (Wildman–Crippen MR) is 67.1 cm³/mol. The van der Waals surface area contributed by atoms with E-state index < -0.39 is 0 Å². The number of likely N-dealkylation sites (N-methyl/N-ethyl adjacent to an activating group) is 1. The Morgan fingerprint density at radius 3 is 2.27 bits per heavy atom. The fraction of sp³-hybridized carbons (Fsp3) is 0.571. The highest BCUT2D eigenvalue weighted by Crippen LogP contribution is 2.16. The molecule has 1 nitrogen and oxygen atoms in total. The first kappa shape index (κ1) is 12.3. The number of hydrogen-bond acceptors (Lipinski definition) is 1. The molecule has 0 radical (unpaired) electrons. The minimum atomic E-state index is 1.12. The summed E-state index contributed by atoms with van der Waals surface area (Å²) in [6, 6.07) is 8.72. The van der Waals surface area contributed by atoms with Crippen LogP contribution in [0.15, 0.2) is 24.3 Å². The number of fused-ring (bicyclic) bond motifs is 1. The van der Waals surface area contributed by atoms with Crippen molar-refractivity contribution in [3.05, 3.63) is 35.4 Å². The highest BCUT2D eigenvalue weighted by molar-refractivity contribution is 5.28. The van der Waals surface area contributed by atoms with Crippen molar-refractivity contribution in [1.29, 1.82) is 0 Å². The SMILES string of the molecule is CCCC.CN1CCc2ccccc2C1. The summed E-state index contributed by atoms with van der Waals surface area (Å²) in [6.45, 7) is 6.69. The number of nitrogens with zero attached hydrogens (tertiary/aromatic N) is 1. The molecule has 1 aliphatic heterocycles. The van der Waals surface area contributed by atoms with Crippen molar-refractivity contribution in [3.63, 3.8) is 0 Å². The van der Waals surface area contributed by atoms with Crippen LogP contribution in [-0.2, 0) is 13.0 Å². The van der Waals surface area contributed by atoms with E-state index in [9.17, 15) is 0 Å². The zero-order chi connectivity index (χ0) is 11.1. The first-order valence-electron chi connectivity index (χ1n) is 6.03. The van der Waals surface area contributed by atoms with E-state index in [1.54, 1.807) is 0 Å². The Bertz CT molecular complexity index is 278. The summed E-state index contributed by atoms with van der Waals surface area (Å²) in [5, 5.41) is 0. The lowest BCUT2D eigenvalue weighted by Gasteiger charge is -2.24. The quantitative estimate of drug-likeness (QED) is 0.678. The molecule has 0 atom stereocenters. The van der Waals surface area contributed by atoms with Gasteiger partial charge in [0.25, 0.3) is 0 Å². The van der Waals surface area contributed by atoms with Gasteiger partial charge >= 0.3 is 0 Å². The average Bonchev–Trinajstić information content (AvgIpc) is 2.29. The molecule has 0 aliphatic carbocycles.